The highest BCUT2D eigenvalue weighted by atomic mass is 32.2. The van der Waals surface area contributed by atoms with Gasteiger partial charge in [0, 0.05) is 37.8 Å². The zero-order valence-electron chi connectivity index (χ0n) is 19.3. The van der Waals surface area contributed by atoms with E-state index in [0.29, 0.717) is 56.6 Å². The third kappa shape index (κ3) is 4.04. The number of rotatable bonds is 7. The third-order valence-corrected chi connectivity index (χ3v) is 9.78. The standard InChI is InChI=1S/C23H36N4O4S/c1-22(2)17-6-7-23(3,15-17)21(22)26-20(28)16-4-5-18(25-9-8-24)19(14-16)32(29,30)27-10-12-31-13-11-27/h4-5,14,17,21,25H,6-13,15,24H2,1-3H3,(H,26,28). The first-order valence-electron chi connectivity index (χ1n) is 11.6. The average molecular weight is 465 g/mol. The molecule has 0 radical (unpaired) electrons. The van der Waals surface area contributed by atoms with Crippen LogP contribution in [-0.4, -0.2) is 64.1 Å². The van der Waals surface area contributed by atoms with Crippen molar-refractivity contribution in [3.63, 3.8) is 0 Å². The first-order valence-corrected chi connectivity index (χ1v) is 13.0. The van der Waals surface area contributed by atoms with Crippen LogP contribution in [0, 0.1) is 16.7 Å². The predicted octanol–water partition coefficient (Wildman–Crippen LogP) is 2.02. The van der Waals surface area contributed by atoms with Gasteiger partial charge in [0.2, 0.25) is 10.0 Å². The van der Waals surface area contributed by atoms with Crippen molar-refractivity contribution in [1.82, 2.24) is 9.62 Å². The highest BCUT2D eigenvalue weighted by Crippen LogP contribution is 2.62. The number of carbonyl (C=O) groups excluding carboxylic acids is 1. The second-order valence-electron chi connectivity index (χ2n) is 10.3. The Labute approximate surface area is 191 Å². The highest BCUT2D eigenvalue weighted by Gasteiger charge is 2.59. The monoisotopic (exact) mass is 464 g/mol. The van der Waals surface area contributed by atoms with E-state index >= 15 is 0 Å². The van der Waals surface area contributed by atoms with Crippen molar-refractivity contribution in [2.75, 3.05) is 44.7 Å². The Morgan fingerprint density at radius 3 is 2.59 bits per heavy atom. The second kappa shape index (κ2) is 8.59. The van der Waals surface area contributed by atoms with Crippen molar-refractivity contribution in [3.8, 4) is 0 Å². The van der Waals surface area contributed by atoms with Crippen molar-refractivity contribution >= 4 is 21.6 Å². The van der Waals surface area contributed by atoms with Crippen LogP contribution < -0.4 is 16.4 Å². The quantitative estimate of drug-likeness (QED) is 0.569. The topological polar surface area (TPSA) is 114 Å². The summed E-state index contributed by atoms with van der Waals surface area (Å²) >= 11 is 0. The molecule has 2 aliphatic carbocycles. The lowest BCUT2D eigenvalue weighted by Gasteiger charge is -2.43. The molecule has 1 aromatic rings. The number of hydrogen-bond acceptors (Lipinski definition) is 6. The fourth-order valence-corrected chi connectivity index (χ4v) is 7.63. The summed E-state index contributed by atoms with van der Waals surface area (Å²) in [5.41, 5.74) is 6.55. The molecule has 3 fully saturated rings. The number of hydrogen-bond donors (Lipinski definition) is 3. The molecule has 1 amide bonds. The van der Waals surface area contributed by atoms with Gasteiger partial charge in [0.15, 0.2) is 0 Å². The molecule has 1 aliphatic heterocycles. The summed E-state index contributed by atoms with van der Waals surface area (Å²) in [5.74, 6) is 0.388. The number of nitrogens with one attached hydrogen (secondary N) is 2. The molecular formula is C23H36N4O4S. The molecule has 3 atom stereocenters. The Balaban J connectivity index is 1.63. The summed E-state index contributed by atoms with van der Waals surface area (Å²) in [4.78, 5) is 13.4. The van der Waals surface area contributed by atoms with Gasteiger partial charge in [0.25, 0.3) is 5.91 Å². The Kier molecular flexibility index (Phi) is 6.30. The van der Waals surface area contributed by atoms with Crippen molar-refractivity contribution < 1.29 is 17.9 Å². The van der Waals surface area contributed by atoms with Gasteiger partial charge in [-0.25, -0.2) is 8.42 Å². The van der Waals surface area contributed by atoms with Gasteiger partial charge in [-0.1, -0.05) is 20.8 Å². The van der Waals surface area contributed by atoms with Crippen molar-refractivity contribution in [3.05, 3.63) is 23.8 Å². The van der Waals surface area contributed by atoms with E-state index in [4.69, 9.17) is 10.5 Å². The highest BCUT2D eigenvalue weighted by molar-refractivity contribution is 7.89. The van der Waals surface area contributed by atoms with E-state index in [9.17, 15) is 13.2 Å². The van der Waals surface area contributed by atoms with E-state index in [-0.39, 0.29) is 27.7 Å². The molecule has 8 nitrogen and oxygen atoms in total. The molecule has 1 aromatic carbocycles. The van der Waals surface area contributed by atoms with E-state index in [1.54, 1.807) is 12.1 Å². The van der Waals surface area contributed by atoms with E-state index in [1.165, 1.54) is 16.8 Å². The van der Waals surface area contributed by atoms with E-state index in [2.05, 4.69) is 31.4 Å². The molecule has 32 heavy (non-hydrogen) atoms. The van der Waals surface area contributed by atoms with Crippen LogP contribution in [0.2, 0.25) is 0 Å². The van der Waals surface area contributed by atoms with Gasteiger partial charge < -0.3 is 21.1 Å². The second-order valence-corrected chi connectivity index (χ2v) is 12.2. The normalized spacial score (nSPS) is 29.8. The van der Waals surface area contributed by atoms with Crippen LogP contribution in [0.25, 0.3) is 0 Å². The maximum Gasteiger partial charge on any atom is 0.251 e. The van der Waals surface area contributed by atoms with Gasteiger partial charge in [-0.15, -0.1) is 0 Å². The lowest BCUT2D eigenvalue weighted by atomic mass is 9.68. The number of fused-ring (bicyclic) bond motifs is 2. The average Bonchev–Trinajstić information content (AvgIpc) is 3.26. The molecule has 2 saturated carbocycles. The molecule has 0 spiro atoms. The minimum absolute atomic E-state index is 0.0218. The summed E-state index contributed by atoms with van der Waals surface area (Å²) in [5, 5.41) is 6.37. The zero-order valence-corrected chi connectivity index (χ0v) is 20.1. The van der Waals surface area contributed by atoms with E-state index < -0.39 is 10.0 Å². The van der Waals surface area contributed by atoms with Crippen molar-refractivity contribution in [2.24, 2.45) is 22.5 Å². The van der Waals surface area contributed by atoms with Gasteiger partial charge in [-0.3, -0.25) is 4.79 Å². The number of nitrogens with two attached hydrogens (primary N) is 1. The molecule has 1 heterocycles. The third-order valence-electron chi connectivity index (χ3n) is 7.84. The SMILES string of the molecule is CC12CCC(C1)C(C)(C)C2NC(=O)c1ccc(NCCN)c(S(=O)(=O)N2CCOCC2)c1. The summed E-state index contributed by atoms with van der Waals surface area (Å²) in [6.07, 6.45) is 3.45. The lowest BCUT2D eigenvalue weighted by molar-refractivity contribution is 0.0729. The fraction of sp³-hybridized carbons (Fsp3) is 0.696. The molecular weight excluding hydrogens is 428 g/mol. The maximum absolute atomic E-state index is 13.4. The Morgan fingerprint density at radius 2 is 1.97 bits per heavy atom. The predicted molar refractivity (Wildman–Crippen MR) is 124 cm³/mol. The van der Waals surface area contributed by atoms with Gasteiger partial charge >= 0.3 is 0 Å². The molecule has 1 saturated heterocycles. The van der Waals surface area contributed by atoms with Crippen LogP contribution in [0.3, 0.4) is 0 Å². The number of benzene rings is 1. The fourth-order valence-electron chi connectivity index (χ4n) is 6.03. The molecule has 9 heteroatoms. The molecule has 2 bridgehead atoms. The molecule has 178 valence electrons. The van der Waals surface area contributed by atoms with Crippen LogP contribution in [0.15, 0.2) is 23.1 Å². The lowest BCUT2D eigenvalue weighted by Crippen LogP contribution is -2.52. The summed E-state index contributed by atoms with van der Waals surface area (Å²) in [6, 6.07) is 4.93. The minimum Gasteiger partial charge on any atom is -0.383 e. The number of morpholine rings is 1. The maximum atomic E-state index is 13.4. The number of anilines is 1. The summed E-state index contributed by atoms with van der Waals surface area (Å²) in [6.45, 7) is 8.87. The largest absolute Gasteiger partial charge is 0.383 e. The van der Waals surface area contributed by atoms with Gasteiger partial charge in [-0.05, 0) is 54.2 Å². The van der Waals surface area contributed by atoms with Crippen molar-refractivity contribution in [2.45, 2.75) is 51.0 Å². The van der Waals surface area contributed by atoms with Gasteiger partial charge in [0.1, 0.15) is 4.90 Å². The van der Waals surface area contributed by atoms with Crippen LogP contribution in [-0.2, 0) is 14.8 Å². The number of sulfonamides is 1. The summed E-state index contributed by atoms with van der Waals surface area (Å²) < 4.78 is 33.6. The van der Waals surface area contributed by atoms with Gasteiger partial charge in [0.05, 0.1) is 18.9 Å². The molecule has 0 aromatic heterocycles. The van der Waals surface area contributed by atoms with Crippen molar-refractivity contribution in [1.29, 1.82) is 0 Å². The number of amides is 1. The first-order chi connectivity index (χ1) is 15.1. The molecule has 4 rings (SSSR count). The van der Waals surface area contributed by atoms with E-state index in [1.807, 2.05) is 0 Å². The number of nitrogens with zero attached hydrogens (tertiary/aromatic N) is 1. The number of carbonyl (C=O) groups is 1. The van der Waals surface area contributed by atoms with Crippen LogP contribution >= 0.6 is 0 Å². The summed E-state index contributed by atoms with van der Waals surface area (Å²) in [7, 11) is -3.78. The zero-order chi connectivity index (χ0) is 23.1. The van der Waals surface area contributed by atoms with Gasteiger partial charge in [-0.2, -0.15) is 4.31 Å². The van der Waals surface area contributed by atoms with Crippen LogP contribution in [0.4, 0.5) is 5.69 Å². The smallest absolute Gasteiger partial charge is 0.251 e. The first kappa shape index (κ1) is 23.5. The Hall–Kier alpha value is -1.68. The molecule has 3 aliphatic rings. The van der Waals surface area contributed by atoms with E-state index in [0.717, 1.165) is 12.8 Å². The van der Waals surface area contributed by atoms with Crippen LogP contribution in [0.5, 0.6) is 0 Å². The Bertz CT molecular complexity index is 969. The minimum atomic E-state index is -3.78. The number of ether oxygens (including phenoxy) is 1. The van der Waals surface area contributed by atoms with Crippen LogP contribution in [0.1, 0.15) is 50.4 Å². The Morgan fingerprint density at radius 1 is 1.25 bits per heavy atom. The molecule has 4 N–H and O–H groups in total. The molecule has 3 unspecified atom stereocenters.